The number of hydrogen-bond donors (Lipinski definition) is 13. The van der Waals surface area contributed by atoms with E-state index in [2.05, 4.69) is 52.2 Å². The Balaban J connectivity index is 3.00. The highest BCUT2D eigenvalue weighted by Crippen LogP contribution is 2.09. The third kappa shape index (κ3) is 19.8. The minimum absolute atomic E-state index is 0.00819. The van der Waals surface area contributed by atoms with E-state index in [1.807, 2.05) is 0 Å². The maximum absolute atomic E-state index is 13.6. The summed E-state index contributed by atoms with van der Waals surface area (Å²) in [6, 6.07) is -7.49. The van der Waals surface area contributed by atoms with Crippen molar-refractivity contribution in [1.29, 1.82) is 0 Å². The lowest BCUT2D eigenvalue weighted by atomic mass is 10.0. The van der Waals surface area contributed by atoms with Crippen LogP contribution in [0, 0.1) is 11.8 Å². The number of nitrogens with zero attached hydrogens (tertiary/aromatic N) is 2. The van der Waals surface area contributed by atoms with Crippen LogP contribution in [0.4, 0.5) is 0 Å². The average molecular weight is 824 g/mol. The first kappa shape index (κ1) is 50.2. The number of aliphatic carboxylic acids is 1. The van der Waals surface area contributed by atoms with Gasteiger partial charge in [-0.15, -0.1) is 0 Å². The number of hydrogen-bond acceptors (Lipinski definition) is 12. The summed E-state index contributed by atoms with van der Waals surface area (Å²) in [5.41, 5.74) is 16.4. The maximum atomic E-state index is 13.6. The fraction of sp³-hybridized carbons (Fsp3) is 0.657. The number of H-pyrrole nitrogens is 1. The number of carbonyl (C=O) groups excluding carboxylic acids is 7. The Labute approximate surface area is 336 Å². The fourth-order valence-corrected chi connectivity index (χ4v) is 5.34. The SMILES string of the molecule is CC(C)C[C@H](NC(=O)CNC(=O)[C@H](CC(C)C)NC(=O)[C@H](Cc1cnc[nH]1)NC(=O)[C@H](CO)NC(=O)CCN)C(=O)N[C@@H](C)C(=O)N[C@@H](CCCN=C(N)N)C(=O)O. The van der Waals surface area contributed by atoms with Gasteiger partial charge in [-0.1, -0.05) is 27.7 Å². The Bertz CT molecular complexity index is 1550. The zero-order valence-electron chi connectivity index (χ0n) is 33.6. The minimum Gasteiger partial charge on any atom is -0.480 e. The molecule has 58 heavy (non-hydrogen) atoms. The number of aliphatic hydroxyl groups excluding tert-OH is 1. The Kier molecular flexibility index (Phi) is 22.6. The predicted molar refractivity (Wildman–Crippen MR) is 210 cm³/mol. The first-order valence-corrected chi connectivity index (χ1v) is 18.9. The number of imidazole rings is 1. The molecule has 0 saturated heterocycles. The fourth-order valence-electron chi connectivity index (χ4n) is 5.34. The van der Waals surface area contributed by atoms with Crippen LogP contribution in [-0.2, 0) is 44.8 Å². The first-order valence-electron chi connectivity index (χ1n) is 18.9. The molecule has 0 spiro atoms. The van der Waals surface area contributed by atoms with Crippen molar-refractivity contribution in [1.82, 2.24) is 47.2 Å². The molecule has 0 fully saturated rings. The van der Waals surface area contributed by atoms with Gasteiger partial charge in [0, 0.05) is 37.8 Å². The Morgan fingerprint density at radius 2 is 1.29 bits per heavy atom. The van der Waals surface area contributed by atoms with E-state index in [-0.39, 0.29) is 69.4 Å². The van der Waals surface area contributed by atoms with Gasteiger partial charge in [-0.05, 0) is 44.4 Å². The molecule has 0 aliphatic carbocycles. The monoisotopic (exact) mass is 823 g/mol. The summed E-state index contributed by atoms with van der Waals surface area (Å²) in [6.45, 7) is 7.33. The molecule has 1 aromatic heterocycles. The average Bonchev–Trinajstić information content (AvgIpc) is 3.65. The van der Waals surface area contributed by atoms with Crippen molar-refractivity contribution in [3.8, 4) is 0 Å². The summed E-state index contributed by atoms with van der Waals surface area (Å²) in [4.78, 5) is 113. The van der Waals surface area contributed by atoms with Gasteiger partial charge in [0.05, 0.1) is 19.5 Å². The number of aliphatic hydroxyl groups is 1. The van der Waals surface area contributed by atoms with Crippen LogP contribution in [0.15, 0.2) is 17.5 Å². The van der Waals surface area contributed by atoms with Crippen LogP contribution >= 0.6 is 0 Å². The molecule has 0 aliphatic rings. The number of aromatic nitrogens is 2. The minimum atomic E-state index is -1.39. The van der Waals surface area contributed by atoms with Crippen LogP contribution in [-0.4, -0.2) is 136 Å². The van der Waals surface area contributed by atoms with Crippen LogP contribution in [0.1, 0.15) is 72.4 Å². The Morgan fingerprint density at radius 1 is 0.741 bits per heavy atom. The molecule has 326 valence electrons. The first-order chi connectivity index (χ1) is 27.3. The summed E-state index contributed by atoms with van der Waals surface area (Å²) >= 11 is 0. The number of aliphatic imine (C=N–C) groups is 1. The second kappa shape index (κ2) is 26.1. The number of nitrogens with two attached hydrogens (primary N) is 3. The van der Waals surface area contributed by atoms with Crippen molar-refractivity contribution < 1.29 is 48.6 Å². The largest absolute Gasteiger partial charge is 0.480 e. The number of carboxylic acid groups (broad SMARTS) is 1. The molecule has 23 nitrogen and oxygen atoms in total. The lowest BCUT2D eigenvalue weighted by Crippen LogP contribution is -2.58. The Morgan fingerprint density at radius 3 is 1.83 bits per heavy atom. The lowest BCUT2D eigenvalue weighted by molar-refractivity contribution is -0.142. The van der Waals surface area contributed by atoms with Gasteiger partial charge >= 0.3 is 5.97 Å². The van der Waals surface area contributed by atoms with Crippen molar-refractivity contribution in [3.63, 3.8) is 0 Å². The van der Waals surface area contributed by atoms with Crippen LogP contribution in [0.3, 0.4) is 0 Å². The highest BCUT2D eigenvalue weighted by molar-refractivity contribution is 5.96. The van der Waals surface area contributed by atoms with Gasteiger partial charge < -0.3 is 69.6 Å². The highest BCUT2D eigenvalue weighted by atomic mass is 16.4. The van der Waals surface area contributed by atoms with E-state index in [0.717, 1.165) is 0 Å². The second-order valence-electron chi connectivity index (χ2n) is 14.4. The number of rotatable bonds is 27. The molecule has 6 atom stereocenters. The predicted octanol–water partition coefficient (Wildman–Crippen LogP) is -4.43. The van der Waals surface area contributed by atoms with E-state index in [0.29, 0.717) is 5.69 Å². The van der Waals surface area contributed by atoms with Crippen LogP contribution in [0.5, 0.6) is 0 Å². The van der Waals surface area contributed by atoms with Crippen molar-refractivity contribution in [3.05, 3.63) is 18.2 Å². The maximum Gasteiger partial charge on any atom is 0.326 e. The molecule has 0 bridgehead atoms. The van der Waals surface area contributed by atoms with Gasteiger partial charge in [-0.2, -0.15) is 0 Å². The van der Waals surface area contributed by atoms with Crippen molar-refractivity contribution in [2.24, 2.45) is 34.0 Å². The van der Waals surface area contributed by atoms with Gasteiger partial charge in [0.1, 0.15) is 36.3 Å². The highest BCUT2D eigenvalue weighted by Gasteiger charge is 2.32. The quantitative estimate of drug-likeness (QED) is 0.0226. The van der Waals surface area contributed by atoms with Crippen LogP contribution in [0.25, 0.3) is 0 Å². The van der Waals surface area contributed by atoms with Gasteiger partial charge in [-0.25, -0.2) is 9.78 Å². The van der Waals surface area contributed by atoms with Crippen molar-refractivity contribution >= 4 is 53.3 Å². The molecule has 7 amide bonds. The third-order valence-corrected chi connectivity index (χ3v) is 8.25. The van der Waals surface area contributed by atoms with Crippen LogP contribution in [0.2, 0.25) is 0 Å². The van der Waals surface area contributed by atoms with Crippen LogP contribution < -0.4 is 54.4 Å². The number of carboxylic acids is 1. The van der Waals surface area contributed by atoms with Crippen molar-refractivity contribution in [2.75, 3.05) is 26.2 Å². The van der Waals surface area contributed by atoms with E-state index in [9.17, 15) is 48.6 Å². The molecular weight excluding hydrogens is 762 g/mol. The van der Waals surface area contributed by atoms with E-state index in [1.54, 1.807) is 27.7 Å². The third-order valence-electron chi connectivity index (χ3n) is 8.25. The number of aromatic amines is 1. The number of nitrogens with one attached hydrogen (secondary N) is 8. The zero-order valence-corrected chi connectivity index (χ0v) is 33.6. The molecule has 1 rings (SSSR count). The number of amides is 7. The smallest absolute Gasteiger partial charge is 0.326 e. The summed E-state index contributed by atoms with van der Waals surface area (Å²) in [6.07, 6.45) is 3.12. The molecule has 0 aromatic carbocycles. The molecule has 1 heterocycles. The number of carbonyl (C=O) groups is 8. The molecule has 0 saturated carbocycles. The van der Waals surface area contributed by atoms with E-state index < -0.39 is 96.7 Å². The van der Waals surface area contributed by atoms with Gasteiger partial charge in [0.15, 0.2) is 5.96 Å². The summed E-state index contributed by atoms with van der Waals surface area (Å²) < 4.78 is 0. The normalized spacial score (nSPS) is 14.1. The zero-order chi connectivity index (χ0) is 43.9. The molecule has 23 heteroatoms. The molecule has 16 N–H and O–H groups in total. The van der Waals surface area contributed by atoms with E-state index in [4.69, 9.17) is 17.2 Å². The van der Waals surface area contributed by atoms with E-state index >= 15 is 0 Å². The molecule has 0 unspecified atom stereocenters. The van der Waals surface area contributed by atoms with Gasteiger partial charge in [0.25, 0.3) is 0 Å². The molecule has 0 radical (unpaired) electrons. The molecule has 1 aromatic rings. The standard InChI is InChI=1S/C35H61N13O10/c1-18(2)11-23(47-32(55)25(13-21-14-39-17-42-21)48-33(56)26(16-49)45-27(50)8-9-36)30(53)41-15-28(51)44-24(12-19(3)4)31(54)43-20(5)29(52)46-22(34(57)58)7-6-10-40-35(37)38/h14,17-20,22-26,49H,6-13,15-16,36H2,1-5H3,(H,39,42)(H,41,53)(H,43,54)(H,44,51)(H,45,50)(H,46,52)(H,47,55)(H,48,56)(H,57,58)(H4,37,38,40)/t20-,22-,23-,24-,25-,26-/m0/s1. The lowest BCUT2D eigenvalue weighted by Gasteiger charge is -2.26. The molecule has 0 aliphatic heterocycles. The van der Waals surface area contributed by atoms with E-state index in [1.165, 1.54) is 19.4 Å². The number of guanidine groups is 1. The summed E-state index contributed by atoms with van der Waals surface area (Å²) in [7, 11) is 0. The van der Waals surface area contributed by atoms with Gasteiger partial charge in [-0.3, -0.25) is 38.6 Å². The summed E-state index contributed by atoms with van der Waals surface area (Å²) in [5, 5.41) is 36.6. The molecular formula is C35H61N13O10. The van der Waals surface area contributed by atoms with Gasteiger partial charge in [0.2, 0.25) is 41.4 Å². The second-order valence-corrected chi connectivity index (χ2v) is 14.4. The topological polar surface area (TPSA) is 380 Å². The van der Waals surface area contributed by atoms with Crippen molar-refractivity contribution in [2.45, 2.75) is 109 Å². The summed E-state index contributed by atoms with van der Waals surface area (Å²) in [5.74, 6) is -6.94. The Hall–Kier alpha value is -5.84.